The van der Waals surface area contributed by atoms with Gasteiger partial charge in [0.05, 0.1) is 4.92 Å². The molecular formula is C14H20N2O2. The minimum absolute atomic E-state index is 0.195. The molecule has 0 spiro atoms. The molecule has 1 aromatic rings. The monoisotopic (exact) mass is 248 g/mol. The van der Waals surface area contributed by atoms with Crippen molar-refractivity contribution in [3.05, 3.63) is 33.9 Å². The van der Waals surface area contributed by atoms with Gasteiger partial charge in [-0.2, -0.15) is 0 Å². The normalized spacial score (nSPS) is 19.9. The molecule has 2 rings (SSSR count). The van der Waals surface area contributed by atoms with Gasteiger partial charge in [0.1, 0.15) is 0 Å². The van der Waals surface area contributed by atoms with Crippen LogP contribution in [0.3, 0.4) is 0 Å². The number of hydrogen-bond donors (Lipinski definition) is 0. The third-order valence-electron chi connectivity index (χ3n) is 3.77. The van der Waals surface area contributed by atoms with Crippen LogP contribution in [0.15, 0.2) is 18.2 Å². The van der Waals surface area contributed by atoms with E-state index in [9.17, 15) is 10.1 Å². The fourth-order valence-corrected chi connectivity index (χ4v) is 2.70. The number of rotatable bonds is 3. The van der Waals surface area contributed by atoms with Crippen molar-refractivity contribution >= 4 is 11.4 Å². The number of nitro groups is 1. The highest BCUT2D eigenvalue weighted by atomic mass is 16.6. The first-order valence-corrected chi connectivity index (χ1v) is 6.67. The van der Waals surface area contributed by atoms with Gasteiger partial charge in [-0.3, -0.25) is 10.1 Å². The quantitative estimate of drug-likeness (QED) is 0.607. The van der Waals surface area contributed by atoms with E-state index >= 15 is 0 Å². The van der Waals surface area contributed by atoms with Gasteiger partial charge in [-0.15, -0.1) is 0 Å². The number of non-ortho nitro benzene ring substituents is 1. The van der Waals surface area contributed by atoms with Crippen LogP contribution in [0.5, 0.6) is 0 Å². The van der Waals surface area contributed by atoms with Crippen LogP contribution < -0.4 is 4.90 Å². The number of hydrogen-bond acceptors (Lipinski definition) is 3. The van der Waals surface area contributed by atoms with Crippen LogP contribution in [0, 0.1) is 10.1 Å². The molecule has 1 atom stereocenters. The van der Waals surface area contributed by atoms with Crippen molar-refractivity contribution in [2.45, 2.75) is 45.6 Å². The van der Waals surface area contributed by atoms with Crippen LogP contribution >= 0.6 is 0 Å². The molecule has 1 saturated heterocycles. The highest BCUT2D eigenvalue weighted by molar-refractivity contribution is 5.58. The number of benzene rings is 1. The zero-order chi connectivity index (χ0) is 13.1. The van der Waals surface area contributed by atoms with Crippen LogP contribution in [-0.2, 0) is 6.42 Å². The maximum atomic E-state index is 10.8. The third kappa shape index (κ3) is 2.47. The van der Waals surface area contributed by atoms with Gasteiger partial charge in [-0.25, -0.2) is 0 Å². The Morgan fingerprint density at radius 1 is 1.44 bits per heavy atom. The predicted molar refractivity (Wildman–Crippen MR) is 73.1 cm³/mol. The molecule has 1 aliphatic heterocycles. The van der Waals surface area contributed by atoms with Crippen molar-refractivity contribution in [2.24, 2.45) is 0 Å². The van der Waals surface area contributed by atoms with E-state index in [0.717, 1.165) is 18.5 Å². The summed E-state index contributed by atoms with van der Waals surface area (Å²) in [5, 5.41) is 10.8. The van der Waals surface area contributed by atoms with Crippen molar-refractivity contribution in [1.82, 2.24) is 0 Å². The molecular weight excluding hydrogens is 228 g/mol. The lowest BCUT2D eigenvalue weighted by Gasteiger charge is -2.36. The van der Waals surface area contributed by atoms with Crippen molar-refractivity contribution < 1.29 is 4.92 Å². The fraction of sp³-hybridized carbons (Fsp3) is 0.571. The Morgan fingerprint density at radius 2 is 2.22 bits per heavy atom. The Balaban J connectivity index is 2.34. The highest BCUT2D eigenvalue weighted by Gasteiger charge is 2.21. The summed E-state index contributed by atoms with van der Waals surface area (Å²) in [5.41, 5.74) is 2.45. The summed E-state index contributed by atoms with van der Waals surface area (Å²) in [6, 6.07) is 5.79. The molecule has 0 saturated carbocycles. The second-order valence-corrected chi connectivity index (χ2v) is 4.96. The Hall–Kier alpha value is -1.58. The van der Waals surface area contributed by atoms with E-state index in [4.69, 9.17) is 0 Å². The molecule has 1 fully saturated rings. The topological polar surface area (TPSA) is 46.4 Å². The number of anilines is 1. The number of nitrogens with zero attached hydrogens (tertiary/aromatic N) is 2. The zero-order valence-corrected chi connectivity index (χ0v) is 11.1. The second-order valence-electron chi connectivity index (χ2n) is 4.96. The second kappa shape index (κ2) is 5.38. The average Bonchev–Trinajstić information content (AvgIpc) is 2.38. The summed E-state index contributed by atoms with van der Waals surface area (Å²) in [5.74, 6) is 0. The Labute approximate surface area is 108 Å². The van der Waals surface area contributed by atoms with Gasteiger partial charge in [-0.1, -0.05) is 6.92 Å². The molecule has 1 aromatic carbocycles. The molecule has 0 amide bonds. The average molecular weight is 248 g/mol. The van der Waals surface area contributed by atoms with Gasteiger partial charge in [0.25, 0.3) is 5.69 Å². The largest absolute Gasteiger partial charge is 0.369 e. The van der Waals surface area contributed by atoms with E-state index in [-0.39, 0.29) is 10.6 Å². The first kappa shape index (κ1) is 12.9. The van der Waals surface area contributed by atoms with Crippen molar-refractivity contribution in [1.29, 1.82) is 0 Å². The lowest BCUT2D eigenvalue weighted by molar-refractivity contribution is -0.384. The molecule has 0 bridgehead atoms. The molecule has 98 valence electrons. The van der Waals surface area contributed by atoms with Gasteiger partial charge in [0.2, 0.25) is 0 Å². The smallest absolute Gasteiger partial charge is 0.269 e. The van der Waals surface area contributed by atoms with E-state index in [0.29, 0.717) is 6.04 Å². The molecule has 4 nitrogen and oxygen atoms in total. The van der Waals surface area contributed by atoms with Gasteiger partial charge in [0, 0.05) is 30.4 Å². The Kier molecular flexibility index (Phi) is 3.84. The van der Waals surface area contributed by atoms with Crippen LogP contribution in [0.1, 0.15) is 38.7 Å². The number of piperidine rings is 1. The molecule has 18 heavy (non-hydrogen) atoms. The first-order chi connectivity index (χ1) is 8.63. The molecule has 0 aliphatic carbocycles. The van der Waals surface area contributed by atoms with Crippen LogP contribution in [0.2, 0.25) is 0 Å². The summed E-state index contributed by atoms with van der Waals surface area (Å²) in [6.07, 6.45) is 4.54. The summed E-state index contributed by atoms with van der Waals surface area (Å²) in [6.45, 7) is 5.35. The highest BCUT2D eigenvalue weighted by Crippen LogP contribution is 2.30. The molecule has 0 N–H and O–H groups in total. The first-order valence-electron chi connectivity index (χ1n) is 6.67. The number of aryl methyl sites for hydroxylation is 1. The molecule has 0 radical (unpaired) electrons. The van der Waals surface area contributed by atoms with E-state index in [1.54, 1.807) is 12.1 Å². The summed E-state index contributed by atoms with van der Waals surface area (Å²) in [4.78, 5) is 12.9. The lowest BCUT2D eigenvalue weighted by Crippen LogP contribution is -2.38. The van der Waals surface area contributed by atoms with E-state index in [1.807, 2.05) is 6.07 Å². The van der Waals surface area contributed by atoms with Crippen molar-refractivity contribution in [3.8, 4) is 0 Å². The van der Waals surface area contributed by atoms with Gasteiger partial charge < -0.3 is 4.90 Å². The summed E-state index contributed by atoms with van der Waals surface area (Å²) < 4.78 is 0. The maximum Gasteiger partial charge on any atom is 0.269 e. The van der Waals surface area contributed by atoms with Crippen LogP contribution in [0.25, 0.3) is 0 Å². The van der Waals surface area contributed by atoms with Crippen molar-refractivity contribution in [2.75, 3.05) is 11.4 Å². The maximum absolute atomic E-state index is 10.8. The lowest BCUT2D eigenvalue weighted by atomic mass is 10.00. The van der Waals surface area contributed by atoms with Crippen LogP contribution in [0.4, 0.5) is 11.4 Å². The minimum atomic E-state index is -0.317. The molecule has 0 unspecified atom stereocenters. The van der Waals surface area contributed by atoms with Gasteiger partial charge in [-0.05, 0) is 44.2 Å². The standard InChI is InChI=1S/C14H20N2O2/c1-3-12-10-13(16(17)18)7-8-14(12)15-9-5-4-6-11(15)2/h7-8,10-11H,3-6,9H2,1-2H3/t11-/m0/s1. The van der Waals surface area contributed by atoms with Gasteiger partial charge >= 0.3 is 0 Å². The molecule has 0 aromatic heterocycles. The van der Waals surface area contributed by atoms with Crippen molar-refractivity contribution in [3.63, 3.8) is 0 Å². The Bertz CT molecular complexity index is 445. The minimum Gasteiger partial charge on any atom is -0.369 e. The van der Waals surface area contributed by atoms with Gasteiger partial charge in [0.15, 0.2) is 0 Å². The number of nitro benzene ring substituents is 1. The third-order valence-corrected chi connectivity index (χ3v) is 3.77. The summed E-state index contributed by atoms with van der Waals surface area (Å²) >= 11 is 0. The SMILES string of the molecule is CCc1cc([N+](=O)[O-])ccc1N1CCCC[C@@H]1C. The summed E-state index contributed by atoms with van der Waals surface area (Å²) in [7, 11) is 0. The van der Waals surface area contributed by atoms with E-state index < -0.39 is 0 Å². The zero-order valence-electron chi connectivity index (χ0n) is 11.1. The predicted octanol–water partition coefficient (Wildman–Crippen LogP) is 3.54. The molecule has 1 aliphatic rings. The van der Waals surface area contributed by atoms with E-state index in [1.165, 1.54) is 24.9 Å². The molecule has 4 heteroatoms. The molecule has 1 heterocycles. The van der Waals surface area contributed by atoms with E-state index in [2.05, 4.69) is 18.7 Å². The Morgan fingerprint density at radius 3 is 2.83 bits per heavy atom. The fourth-order valence-electron chi connectivity index (χ4n) is 2.70. The van der Waals surface area contributed by atoms with Crippen LogP contribution in [-0.4, -0.2) is 17.5 Å².